The first-order valence-corrected chi connectivity index (χ1v) is 44.8. The second-order valence-electron chi connectivity index (χ2n) is 29.2. The van der Waals surface area contributed by atoms with Crippen LogP contribution in [0.3, 0.4) is 0 Å². The number of hydrogen-bond donors (Lipinski definition) is 0. The van der Waals surface area contributed by atoms with Crippen molar-refractivity contribution in [2.24, 2.45) is 0 Å². The molecule has 0 spiro atoms. The van der Waals surface area contributed by atoms with Gasteiger partial charge in [0.15, 0.2) is 0 Å². The molecule has 0 aromatic heterocycles. The van der Waals surface area contributed by atoms with Crippen LogP contribution in [0.4, 0.5) is 0 Å². The Labute approximate surface area is 601 Å². The molecule has 6 aromatic carbocycles. The van der Waals surface area contributed by atoms with Gasteiger partial charge in [-0.1, -0.05) is 295 Å². The highest BCUT2D eigenvalue weighted by Gasteiger charge is 2.42. The number of benzene rings is 6. The van der Waals surface area contributed by atoms with E-state index >= 15 is 0 Å². The Balaban J connectivity index is 1.14. The van der Waals surface area contributed by atoms with E-state index < -0.39 is 13.0 Å². The lowest BCUT2D eigenvalue weighted by molar-refractivity contribution is 0.105. The van der Waals surface area contributed by atoms with E-state index in [4.69, 9.17) is 60.7 Å². The van der Waals surface area contributed by atoms with E-state index in [9.17, 15) is 0 Å². The SMILES string of the molecule is CCCCCCCCCCCC1c2cc3c4cc2OCOc2cc5c(cc21)C(CCCCCCCCCCC)c1cc2c(cc1OP(=S)(c1ccccc1)O5)OP(=S)(c1ccccc1)Oc1cc(c(cc1C2CCCCCCCCCCC)C3CCCCCCCCCCC)OCO4. The van der Waals surface area contributed by atoms with Crippen molar-refractivity contribution in [1.29, 1.82) is 0 Å². The average Bonchev–Trinajstić information content (AvgIpc) is 0.707. The molecular weight excluding hydrogens is 1290 g/mol. The van der Waals surface area contributed by atoms with Gasteiger partial charge in [0.1, 0.15) is 46.0 Å². The van der Waals surface area contributed by atoms with Crippen molar-refractivity contribution in [2.75, 3.05) is 13.6 Å². The molecule has 12 heteroatoms. The molecule has 6 unspecified atom stereocenters. The van der Waals surface area contributed by atoms with Crippen LogP contribution in [0.15, 0.2) is 109 Å². The molecule has 0 amide bonds. The van der Waals surface area contributed by atoms with Crippen molar-refractivity contribution in [3.8, 4) is 46.0 Å². The number of unbranched alkanes of at least 4 members (excludes halogenated alkanes) is 32. The van der Waals surface area contributed by atoms with Crippen LogP contribution in [-0.4, -0.2) is 13.6 Å². The molecule has 4 heterocycles. The third kappa shape index (κ3) is 19.4. The summed E-state index contributed by atoms with van der Waals surface area (Å²) in [5, 5.41) is 1.66. The molecule has 6 aromatic rings. The summed E-state index contributed by atoms with van der Waals surface area (Å²) < 4.78 is 58.5. The molecule has 0 radical (unpaired) electrons. The largest absolute Gasteiger partial charge is 0.457 e. The molecule has 0 fully saturated rings. The average molecular weight is 1410 g/mol. The van der Waals surface area contributed by atoms with Crippen LogP contribution in [0.25, 0.3) is 0 Å². The second kappa shape index (κ2) is 38.3. The van der Waals surface area contributed by atoms with Crippen molar-refractivity contribution in [2.45, 2.75) is 308 Å². The van der Waals surface area contributed by atoms with E-state index in [-0.39, 0.29) is 37.3 Å². The maximum absolute atomic E-state index is 7.68. The normalized spacial score (nSPS) is 20.0. The summed E-state index contributed by atoms with van der Waals surface area (Å²) in [4.78, 5) is 0. The van der Waals surface area contributed by atoms with Crippen LogP contribution in [0.5, 0.6) is 46.0 Å². The minimum absolute atomic E-state index is 0.0200. The third-order valence-corrected chi connectivity index (χ3v) is 27.6. The fourth-order valence-electron chi connectivity index (χ4n) is 16.2. The lowest BCUT2D eigenvalue weighted by Gasteiger charge is -2.38. The quantitative estimate of drug-likeness (QED) is 0.0273. The summed E-state index contributed by atoms with van der Waals surface area (Å²) in [6.07, 6.45) is 48.5. The summed E-state index contributed by atoms with van der Waals surface area (Å²) in [6, 6.07) is 39.4. The first kappa shape index (κ1) is 74.2. The minimum Gasteiger partial charge on any atom is -0.457 e. The zero-order valence-corrected chi connectivity index (χ0v) is 63.8. The lowest BCUT2D eigenvalue weighted by atomic mass is 9.76. The summed E-state index contributed by atoms with van der Waals surface area (Å²) in [6.45, 7) is 2.43. The van der Waals surface area contributed by atoms with Gasteiger partial charge in [-0.25, -0.2) is 0 Å². The number of hydrogen-bond acceptors (Lipinski definition) is 10. The van der Waals surface area contributed by atoms with Crippen molar-refractivity contribution < 1.29 is 37.0 Å². The molecule has 0 saturated heterocycles. The van der Waals surface area contributed by atoms with Crippen LogP contribution in [0, 0.1) is 0 Å². The number of ether oxygens (including phenoxy) is 4. The Hall–Kier alpha value is -4.98. The molecule has 0 saturated carbocycles. The van der Waals surface area contributed by atoms with Gasteiger partial charge in [-0.05, 0) is 97.8 Å². The predicted octanol–water partition coefficient (Wildman–Crippen LogP) is 26.5. The summed E-state index contributed by atoms with van der Waals surface area (Å²) in [7, 11) is 0. The highest BCUT2D eigenvalue weighted by Crippen LogP contribution is 2.63. The van der Waals surface area contributed by atoms with Gasteiger partial charge >= 0.3 is 13.0 Å². The van der Waals surface area contributed by atoms with E-state index in [0.717, 1.165) is 144 Å². The zero-order chi connectivity index (χ0) is 67.8. The van der Waals surface area contributed by atoms with Crippen LogP contribution in [0.2, 0.25) is 0 Å². The maximum atomic E-state index is 7.68. The molecule has 98 heavy (non-hydrogen) atoms. The molecule has 0 N–H and O–H groups in total. The second-order valence-corrected chi connectivity index (χ2v) is 35.9. The van der Waals surface area contributed by atoms with Crippen LogP contribution < -0.4 is 47.7 Å². The van der Waals surface area contributed by atoms with Crippen molar-refractivity contribution in [3.63, 3.8) is 0 Å². The van der Waals surface area contributed by atoms with Gasteiger partial charge in [0.05, 0.1) is 10.6 Å². The van der Waals surface area contributed by atoms with E-state index in [1.807, 2.05) is 36.4 Å². The molecule has 4 aliphatic heterocycles. The van der Waals surface area contributed by atoms with E-state index in [1.54, 1.807) is 0 Å². The van der Waals surface area contributed by atoms with Gasteiger partial charge in [-0.2, -0.15) is 0 Å². The zero-order valence-electron chi connectivity index (χ0n) is 60.4. The monoisotopic (exact) mass is 1400 g/mol. The van der Waals surface area contributed by atoms with Crippen molar-refractivity contribution in [1.82, 2.24) is 0 Å². The standard InChI is InChI=1S/C86H118O8P2S2/c1-5-9-13-17-21-25-29-33-43-51-67-71-55-72-68(52-44-34-30-26-22-18-14-10-6-2)74-57-76-70(54-46-36-32-28-24-20-16-12-8-4)78-58-77-69(53-45-35-31-27-23-19-15-11-7-3)75-56-73(67)81-60-83(75)91-95(97,65-47-39-37-40-48-65)93-85(77)62-86(78)94-96(98,66-49-41-38-42-50-66)92-84(76)61-82(74)90-64-88-80(72)59-79(71)87-63-89-81/h37-42,47-50,55-62,67-70H,5-36,43-46,51-54,63-64H2,1-4H3. The van der Waals surface area contributed by atoms with Gasteiger partial charge in [0.2, 0.25) is 13.6 Å². The first-order valence-electron chi connectivity index (χ1n) is 39.5. The Bertz CT molecular complexity index is 3320. The Morgan fingerprint density at radius 3 is 0.684 bits per heavy atom. The molecule has 11 rings (SSSR count). The van der Waals surface area contributed by atoms with Gasteiger partial charge < -0.3 is 37.0 Å². The van der Waals surface area contributed by atoms with Crippen LogP contribution in [-0.2, 0) is 23.6 Å². The van der Waals surface area contributed by atoms with Crippen LogP contribution >= 0.6 is 13.0 Å². The summed E-state index contributed by atoms with van der Waals surface area (Å²) >= 11 is 14.0. The van der Waals surface area contributed by atoms with Gasteiger partial charge in [-0.3, -0.25) is 0 Å². The van der Waals surface area contributed by atoms with Crippen molar-refractivity contribution in [3.05, 3.63) is 154 Å². The molecule has 532 valence electrons. The predicted molar refractivity (Wildman–Crippen MR) is 416 cm³/mol. The molecule has 8 nitrogen and oxygen atoms in total. The molecule has 6 atom stereocenters. The Morgan fingerprint density at radius 2 is 0.449 bits per heavy atom. The molecular formula is C86H118O8P2S2. The lowest BCUT2D eigenvalue weighted by Crippen LogP contribution is -2.23. The fourth-order valence-corrected chi connectivity index (χ4v) is 21.2. The molecule has 5 aliphatic rings. The Morgan fingerprint density at radius 1 is 0.255 bits per heavy atom. The highest BCUT2D eigenvalue weighted by atomic mass is 32.5. The van der Waals surface area contributed by atoms with Gasteiger partial charge in [0, 0.05) is 92.4 Å². The van der Waals surface area contributed by atoms with Gasteiger partial charge in [0.25, 0.3) is 0 Å². The van der Waals surface area contributed by atoms with Crippen molar-refractivity contribution >= 4 is 47.2 Å². The third-order valence-electron chi connectivity index (χ3n) is 21.8. The smallest absolute Gasteiger partial charge is 0.319 e. The molecule has 8 bridgehead atoms. The van der Waals surface area contributed by atoms with E-state index in [0.29, 0.717) is 11.5 Å². The van der Waals surface area contributed by atoms with E-state index in [2.05, 4.69) is 100 Å². The molecule has 1 aliphatic carbocycles. The Kier molecular flexibility index (Phi) is 29.0. The summed E-state index contributed by atoms with van der Waals surface area (Å²) in [5.41, 5.74) is 9.24. The van der Waals surface area contributed by atoms with Crippen LogP contribution in [0.1, 0.15) is 353 Å². The number of rotatable bonds is 42. The highest BCUT2D eigenvalue weighted by molar-refractivity contribution is 8.14. The summed E-state index contributed by atoms with van der Waals surface area (Å²) in [5.74, 6) is 5.59. The first-order chi connectivity index (χ1) is 48.2. The maximum Gasteiger partial charge on any atom is 0.319 e. The topological polar surface area (TPSA) is 73.8 Å². The van der Waals surface area contributed by atoms with E-state index in [1.165, 1.54) is 202 Å². The fraction of sp³-hybridized carbons (Fsp3) is 0.581. The minimum atomic E-state index is -3.42. The van der Waals surface area contributed by atoms with Gasteiger partial charge in [-0.15, -0.1) is 0 Å².